The Labute approximate surface area is 124 Å². The zero-order valence-corrected chi connectivity index (χ0v) is 12.4. The second-order valence-corrected chi connectivity index (χ2v) is 5.29. The smallest absolute Gasteiger partial charge is 0.275 e. The van der Waals surface area contributed by atoms with Crippen molar-refractivity contribution in [2.45, 2.75) is 0 Å². The van der Waals surface area contributed by atoms with E-state index in [4.69, 9.17) is 0 Å². The number of anilines is 1. The summed E-state index contributed by atoms with van der Waals surface area (Å²) in [6.07, 6.45) is 0. The first-order valence-corrected chi connectivity index (χ1v) is 6.95. The Hall–Kier alpha value is -2.14. The van der Waals surface area contributed by atoms with Crippen LogP contribution < -0.4 is 10.9 Å². The number of hydrogen-bond acceptors (Lipinski definition) is 3. The highest BCUT2D eigenvalue weighted by Crippen LogP contribution is 2.28. The maximum absolute atomic E-state index is 12.3. The van der Waals surface area contributed by atoms with Crippen LogP contribution in [0.2, 0.25) is 0 Å². The summed E-state index contributed by atoms with van der Waals surface area (Å²) in [7, 11) is 1.82. The molecular formula is C15H12BrN3O. The first-order valence-electron chi connectivity index (χ1n) is 6.16. The maximum Gasteiger partial charge on any atom is 0.275 e. The Morgan fingerprint density at radius 1 is 1.20 bits per heavy atom. The minimum absolute atomic E-state index is 0.196. The average Bonchev–Trinajstić information content (AvgIpc) is 2.46. The van der Waals surface area contributed by atoms with Crippen LogP contribution in [0.25, 0.3) is 22.3 Å². The SMILES string of the molecule is CNc1ccc(Br)cc1-c1nc2ccccc2[nH]c1=O. The molecule has 0 amide bonds. The fraction of sp³-hybridized carbons (Fsp3) is 0.0667. The van der Waals surface area contributed by atoms with Crippen molar-refractivity contribution in [1.82, 2.24) is 9.97 Å². The highest BCUT2D eigenvalue weighted by molar-refractivity contribution is 9.10. The molecule has 5 heteroatoms. The molecule has 0 radical (unpaired) electrons. The van der Waals surface area contributed by atoms with Crippen LogP contribution in [0, 0.1) is 0 Å². The van der Waals surface area contributed by atoms with E-state index in [2.05, 4.69) is 31.2 Å². The summed E-state index contributed by atoms with van der Waals surface area (Å²) in [4.78, 5) is 19.6. The number of benzene rings is 2. The zero-order valence-electron chi connectivity index (χ0n) is 10.8. The minimum atomic E-state index is -0.196. The van der Waals surface area contributed by atoms with Gasteiger partial charge in [0.15, 0.2) is 0 Å². The Morgan fingerprint density at radius 3 is 2.80 bits per heavy atom. The lowest BCUT2D eigenvalue weighted by Crippen LogP contribution is -2.12. The van der Waals surface area contributed by atoms with E-state index in [-0.39, 0.29) is 5.56 Å². The maximum atomic E-state index is 12.3. The molecule has 0 aliphatic heterocycles. The molecular weight excluding hydrogens is 318 g/mol. The molecule has 0 bridgehead atoms. The monoisotopic (exact) mass is 329 g/mol. The number of H-pyrrole nitrogens is 1. The van der Waals surface area contributed by atoms with Crippen LogP contribution in [0.1, 0.15) is 0 Å². The predicted molar refractivity (Wildman–Crippen MR) is 85.0 cm³/mol. The quantitative estimate of drug-likeness (QED) is 0.757. The van der Waals surface area contributed by atoms with Crippen molar-refractivity contribution in [3.8, 4) is 11.3 Å². The van der Waals surface area contributed by atoms with E-state index in [0.717, 1.165) is 26.8 Å². The predicted octanol–water partition coefficient (Wildman–Crippen LogP) is 3.39. The first-order chi connectivity index (χ1) is 9.69. The average molecular weight is 330 g/mol. The van der Waals surface area contributed by atoms with Crippen molar-refractivity contribution in [2.24, 2.45) is 0 Å². The molecule has 100 valence electrons. The van der Waals surface area contributed by atoms with Gasteiger partial charge in [0.25, 0.3) is 5.56 Å². The minimum Gasteiger partial charge on any atom is -0.388 e. The van der Waals surface area contributed by atoms with Crippen molar-refractivity contribution in [3.63, 3.8) is 0 Å². The number of nitrogens with zero attached hydrogens (tertiary/aromatic N) is 1. The summed E-state index contributed by atoms with van der Waals surface area (Å²) in [5.74, 6) is 0. The number of para-hydroxylation sites is 2. The van der Waals surface area contributed by atoms with Crippen LogP contribution in [0.5, 0.6) is 0 Å². The molecule has 3 rings (SSSR count). The van der Waals surface area contributed by atoms with Crippen LogP contribution in [0.15, 0.2) is 51.7 Å². The number of aromatic nitrogens is 2. The normalized spacial score (nSPS) is 10.7. The molecule has 0 fully saturated rings. The van der Waals surface area contributed by atoms with Crippen molar-refractivity contribution in [2.75, 3.05) is 12.4 Å². The summed E-state index contributed by atoms with van der Waals surface area (Å²) in [5, 5.41) is 3.08. The van der Waals surface area contributed by atoms with Gasteiger partial charge >= 0.3 is 0 Å². The van der Waals surface area contributed by atoms with Crippen LogP contribution in [0.3, 0.4) is 0 Å². The molecule has 1 aromatic heterocycles. The summed E-state index contributed by atoms with van der Waals surface area (Å²) >= 11 is 3.43. The Morgan fingerprint density at radius 2 is 2.00 bits per heavy atom. The zero-order chi connectivity index (χ0) is 14.1. The van der Waals surface area contributed by atoms with Crippen molar-refractivity contribution in [3.05, 3.63) is 57.3 Å². The number of halogens is 1. The topological polar surface area (TPSA) is 57.8 Å². The molecule has 20 heavy (non-hydrogen) atoms. The second-order valence-electron chi connectivity index (χ2n) is 4.37. The second kappa shape index (κ2) is 5.09. The highest BCUT2D eigenvalue weighted by atomic mass is 79.9. The third-order valence-corrected chi connectivity index (χ3v) is 3.60. The van der Waals surface area contributed by atoms with E-state index >= 15 is 0 Å². The van der Waals surface area contributed by atoms with Gasteiger partial charge in [0.2, 0.25) is 0 Å². The summed E-state index contributed by atoms with van der Waals surface area (Å²) in [6, 6.07) is 13.2. The van der Waals surface area contributed by atoms with Crippen LogP contribution >= 0.6 is 15.9 Å². The molecule has 0 saturated carbocycles. The highest BCUT2D eigenvalue weighted by Gasteiger charge is 2.11. The Bertz CT molecular complexity index is 842. The molecule has 0 unspecified atom stereocenters. The van der Waals surface area contributed by atoms with Gasteiger partial charge in [-0.2, -0.15) is 0 Å². The molecule has 0 atom stereocenters. The third-order valence-electron chi connectivity index (χ3n) is 3.11. The Balaban J connectivity index is 2.32. The van der Waals surface area contributed by atoms with Gasteiger partial charge in [-0.25, -0.2) is 4.98 Å². The van der Waals surface area contributed by atoms with Crippen molar-refractivity contribution < 1.29 is 0 Å². The lowest BCUT2D eigenvalue weighted by molar-refractivity contribution is 1.22. The molecule has 0 aliphatic carbocycles. The molecule has 4 nitrogen and oxygen atoms in total. The van der Waals surface area contributed by atoms with Gasteiger partial charge in [-0.1, -0.05) is 28.1 Å². The van der Waals surface area contributed by atoms with Gasteiger partial charge in [0.05, 0.1) is 11.0 Å². The molecule has 0 aliphatic rings. The van der Waals surface area contributed by atoms with Crippen molar-refractivity contribution >= 4 is 32.7 Å². The standard InChI is InChI=1S/C15H12BrN3O/c1-17-11-7-6-9(16)8-10(11)14-15(20)19-13-5-3-2-4-12(13)18-14/h2-8,17H,1H3,(H,19,20). The van der Waals surface area contributed by atoms with Crippen LogP contribution in [-0.4, -0.2) is 17.0 Å². The fourth-order valence-electron chi connectivity index (χ4n) is 2.14. The largest absolute Gasteiger partial charge is 0.388 e. The van der Waals surface area contributed by atoms with E-state index in [1.54, 1.807) is 0 Å². The molecule has 0 saturated heterocycles. The van der Waals surface area contributed by atoms with Gasteiger partial charge in [-0.15, -0.1) is 0 Å². The summed E-state index contributed by atoms with van der Waals surface area (Å²) in [6.45, 7) is 0. The fourth-order valence-corrected chi connectivity index (χ4v) is 2.50. The van der Waals surface area contributed by atoms with Crippen LogP contribution in [-0.2, 0) is 0 Å². The summed E-state index contributed by atoms with van der Waals surface area (Å²) in [5.41, 5.74) is 3.36. The van der Waals surface area contributed by atoms with Gasteiger partial charge < -0.3 is 10.3 Å². The van der Waals surface area contributed by atoms with Gasteiger partial charge in [0.1, 0.15) is 5.69 Å². The van der Waals surface area contributed by atoms with Crippen LogP contribution in [0.4, 0.5) is 5.69 Å². The Kier molecular flexibility index (Phi) is 3.28. The number of aromatic amines is 1. The first kappa shape index (κ1) is 12.9. The number of fused-ring (bicyclic) bond motifs is 1. The number of hydrogen-bond donors (Lipinski definition) is 2. The molecule has 2 aromatic carbocycles. The lowest BCUT2D eigenvalue weighted by atomic mass is 10.1. The molecule has 1 heterocycles. The van der Waals surface area contributed by atoms with E-state index in [9.17, 15) is 4.79 Å². The van der Waals surface area contributed by atoms with E-state index in [1.807, 2.05) is 49.5 Å². The molecule has 3 aromatic rings. The number of nitrogens with one attached hydrogen (secondary N) is 2. The van der Waals surface area contributed by atoms with Gasteiger partial charge in [-0.3, -0.25) is 4.79 Å². The number of rotatable bonds is 2. The third kappa shape index (κ3) is 2.20. The van der Waals surface area contributed by atoms with Crippen molar-refractivity contribution in [1.29, 1.82) is 0 Å². The molecule has 0 spiro atoms. The van der Waals surface area contributed by atoms with E-state index in [1.165, 1.54) is 0 Å². The van der Waals surface area contributed by atoms with E-state index in [0.29, 0.717) is 5.69 Å². The lowest BCUT2D eigenvalue weighted by Gasteiger charge is -2.09. The summed E-state index contributed by atoms with van der Waals surface area (Å²) < 4.78 is 0.904. The van der Waals surface area contributed by atoms with E-state index < -0.39 is 0 Å². The molecule has 2 N–H and O–H groups in total. The van der Waals surface area contributed by atoms with Gasteiger partial charge in [-0.05, 0) is 30.3 Å². The van der Waals surface area contributed by atoms with Gasteiger partial charge in [0, 0.05) is 22.8 Å².